The minimum atomic E-state index is -0.107. The van der Waals surface area contributed by atoms with Crippen molar-refractivity contribution >= 4 is 22.7 Å². The number of hydrogen-bond donors (Lipinski definition) is 2. The number of amides is 2. The first-order valence-electron chi connectivity index (χ1n) is 9.22. The molecule has 130 valence electrons. The number of aromatic nitrogens is 1. The van der Waals surface area contributed by atoms with Crippen LogP contribution in [0.2, 0.25) is 0 Å². The van der Waals surface area contributed by atoms with Crippen molar-refractivity contribution in [3.63, 3.8) is 0 Å². The highest BCUT2D eigenvalue weighted by Crippen LogP contribution is 2.46. The Balaban J connectivity index is 1.50. The number of nitrogens with zero attached hydrogens (tertiary/aromatic N) is 1. The predicted octanol–water partition coefficient (Wildman–Crippen LogP) is 2.18. The third kappa shape index (κ3) is 2.33. The average molecular weight is 337 g/mol. The van der Waals surface area contributed by atoms with Gasteiger partial charge in [0.1, 0.15) is 0 Å². The van der Waals surface area contributed by atoms with Gasteiger partial charge in [-0.25, -0.2) is 0 Å². The number of aromatic amines is 1. The summed E-state index contributed by atoms with van der Waals surface area (Å²) in [4.78, 5) is 29.5. The third-order valence-corrected chi connectivity index (χ3v) is 6.60. The van der Waals surface area contributed by atoms with Gasteiger partial charge in [-0.1, -0.05) is 12.1 Å². The average Bonchev–Trinajstić information content (AvgIpc) is 2.99. The number of H-pyrrole nitrogens is 1. The quantitative estimate of drug-likeness (QED) is 0.784. The van der Waals surface area contributed by atoms with Crippen LogP contribution in [0.1, 0.15) is 36.3 Å². The molecule has 2 aromatic rings. The number of fused-ring (bicyclic) bond motifs is 2. The smallest absolute Gasteiger partial charge is 0.226 e. The minimum absolute atomic E-state index is 0.107. The lowest BCUT2D eigenvalue weighted by atomic mass is 9.68. The van der Waals surface area contributed by atoms with E-state index in [1.54, 1.807) is 0 Å². The van der Waals surface area contributed by atoms with Crippen molar-refractivity contribution in [2.75, 3.05) is 13.6 Å². The number of likely N-dealkylation sites (N-methyl/N-ethyl adjacent to an activating group) is 1. The zero-order chi connectivity index (χ0) is 17.1. The van der Waals surface area contributed by atoms with E-state index in [4.69, 9.17) is 0 Å². The molecule has 5 nitrogen and oxygen atoms in total. The molecule has 0 spiro atoms. The van der Waals surface area contributed by atoms with Gasteiger partial charge in [-0.15, -0.1) is 0 Å². The summed E-state index contributed by atoms with van der Waals surface area (Å²) in [7, 11) is 2.20. The maximum atomic E-state index is 11.8. The van der Waals surface area contributed by atoms with E-state index in [2.05, 4.69) is 46.6 Å². The van der Waals surface area contributed by atoms with Gasteiger partial charge in [0.05, 0.1) is 0 Å². The van der Waals surface area contributed by atoms with Crippen molar-refractivity contribution < 1.29 is 9.59 Å². The summed E-state index contributed by atoms with van der Waals surface area (Å²) in [6, 6.07) is 7.07. The molecule has 1 aliphatic carbocycles. The molecule has 2 saturated heterocycles. The Bertz CT molecular complexity index is 855. The molecule has 1 aromatic heterocycles. The number of carbonyl (C=O) groups excluding carboxylic acids is 2. The van der Waals surface area contributed by atoms with E-state index in [9.17, 15) is 9.59 Å². The summed E-state index contributed by atoms with van der Waals surface area (Å²) in [6.45, 7) is 0.974. The predicted molar refractivity (Wildman–Crippen MR) is 95.1 cm³/mol. The van der Waals surface area contributed by atoms with E-state index in [1.165, 1.54) is 22.0 Å². The lowest BCUT2D eigenvalue weighted by Crippen LogP contribution is -2.51. The number of likely N-dealkylation sites (tertiary alicyclic amines) is 1. The minimum Gasteiger partial charge on any atom is -0.361 e. The second-order valence-corrected chi connectivity index (χ2v) is 8.04. The normalized spacial score (nSPS) is 30.4. The van der Waals surface area contributed by atoms with Crippen LogP contribution in [0.4, 0.5) is 0 Å². The van der Waals surface area contributed by atoms with Gasteiger partial charge in [0, 0.05) is 48.4 Å². The van der Waals surface area contributed by atoms with Gasteiger partial charge in [-0.3, -0.25) is 14.9 Å². The maximum absolute atomic E-state index is 11.8. The summed E-state index contributed by atoms with van der Waals surface area (Å²) < 4.78 is 0. The van der Waals surface area contributed by atoms with Crippen molar-refractivity contribution in [1.82, 2.24) is 15.2 Å². The number of rotatable bonds is 1. The fourth-order valence-corrected chi connectivity index (χ4v) is 5.46. The summed E-state index contributed by atoms with van der Waals surface area (Å²) >= 11 is 0. The van der Waals surface area contributed by atoms with Crippen LogP contribution >= 0.6 is 0 Å². The van der Waals surface area contributed by atoms with Gasteiger partial charge in [-0.05, 0) is 48.9 Å². The van der Waals surface area contributed by atoms with E-state index in [-0.39, 0.29) is 17.7 Å². The zero-order valence-corrected chi connectivity index (χ0v) is 14.4. The fraction of sp³-hybridized carbons (Fsp3) is 0.500. The van der Waals surface area contributed by atoms with Crippen LogP contribution in [0.15, 0.2) is 24.4 Å². The van der Waals surface area contributed by atoms with Crippen molar-refractivity contribution in [3.8, 4) is 0 Å². The molecule has 2 aliphatic heterocycles. The first kappa shape index (κ1) is 15.1. The molecule has 2 N–H and O–H groups in total. The van der Waals surface area contributed by atoms with Crippen molar-refractivity contribution in [1.29, 1.82) is 0 Å². The molecule has 2 fully saturated rings. The molecule has 3 atom stereocenters. The highest BCUT2D eigenvalue weighted by atomic mass is 16.2. The molecule has 5 heteroatoms. The van der Waals surface area contributed by atoms with Gasteiger partial charge >= 0.3 is 0 Å². The van der Waals surface area contributed by atoms with Gasteiger partial charge in [0.15, 0.2) is 0 Å². The van der Waals surface area contributed by atoms with Gasteiger partial charge in [-0.2, -0.15) is 0 Å². The summed E-state index contributed by atoms with van der Waals surface area (Å²) in [5, 5.41) is 3.84. The second kappa shape index (κ2) is 5.43. The molecular formula is C20H23N3O2. The van der Waals surface area contributed by atoms with Gasteiger partial charge < -0.3 is 9.88 Å². The van der Waals surface area contributed by atoms with Crippen LogP contribution in [-0.4, -0.2) is 41.3 Å². The highest BCUT2D eigenvalue weighted by Gasteiger charge is 2.43. The Labute approximate surface area is 146 Å². The molecule has 0 saturated carbocycles. The Morgan fingerprint density at radius 1 is 1.08 bits per heavy atom. The van der Waals surface area contributed by atoms with E-state index < -0.39 is 0 Å². The van der Waals surface area contributed by atoms with Crippen molar-refractivity contribution in [3.05, 3.63) is 35.5 Å². The largest absolute Gasteiger partial charge is 0.361 e. The molecule has 0 radical (unpaired) electrons. The third-order valence-electron chi connectivity index (χ3n) is 6.60. The molecule has 1 aromatic carbocycles. The van der Waals surface area contributed by atoms with E-state index in [0.29, 0.717) is 30.7 Å². The Kier molecular flexibility index (Phi) is 3.29. The summed E-state index contributed by atoms with van der Waals surface area (Å²) in [5.41, 5.74) is 4.08. The monoisotopic (exact) mass is 337 g/mol. The number of nitrogens with one attached hydrogen (secondary N) is 2. The molecule has 1 unspecified atom stereocenters. The second-order valence-electron chi connectivity index (χ2n) is 8.04. The lowest BCUT2D eigenvalue weighted by molar-refractivity contribution is -0.136. The Morgan fingerprint density at radius 2 is 1.88 bits per heavy atom. The van der Waals surface area contributed by atoms with Crippen LogP contribution < -0.4 is 5.32 Å². The van der Waals surface area contributed by atoms with E-state index in [1.807, 2.05) is 0 Å². The number of piperidine rings is 2. The van der Waals surface area contributed by atoms with Crippen molar-refractivity contribution in [2.24, 2.45) is 11.8 Å². The number of benzene rings is 1. The summed E-state index contributed by atoms with van der Waals surface area (Å²) in [5.74, 6) is 0.846. The van der Waals surface area contributed by atoms with E-state index in [0.717, 1.165) is 19.4 Å². The first-order chi connectivity index (χ1) is 12.1. The SMILES string of the molecule is CN1C[C@H](C2CC(=O)NC(=O)C2)CC2c3cccc4[nH]cc(c34)C[C@H]21. The van der Waals surface area contributed by atoms with Crippen LogP contribution in [0.25, 0.3) is 10.9 Å². The van der Waals surface area contributed by atoms with Crippen LogP contribution in [0, 0.1) is 11.8 Å². The van der Waals surface area contributed by atoms with Gasteiger partial charge in [0.25, 0.3) is 0 Å². The molecule has 5 rings (SSSR count). The Hall–Kier alpha value is -2.14. The highest BCUT2D eigenvalue weighted by molar-refractivity contribution is 5.97. The van der Waals surface area contributed by atoms with Crippen LogP contribution in [-0.2, 0) is 16.0 Å². The van der Waals surface area contributed by atoms with Gasteiger partial charge in [0.2, 0.25) is 11.8 Å². The Morgan fingerprint density at radius 3 is 2.68 bits per heavy atom. The van der Waals surface area contributed by atoms with Crippen LogP contribution in [0.5, 0.6) is 0 Å². The zero-order valence-electron chi connectivity index (χ0n) is 14.4. The molecule has 3 heterocycles. The maximum Gasteiger partial charge on any atom is 0.226 e. The lowest BCUT2D eigenvalue weighted by Gasteiger charge is -2.47. The van der Waals surface area contributed by atoms with Crippen molar-refractivity contribution in [2.45, 2.75) is 37.6 Å². The molecular weight excluding hydrogens is 314 g/mol. The topological polar surface area (TPSA) is 65.2 Å². The molecule has 0 bridgehead atoms. The van der Waals surface area contributed by atoms with E-state index >= 15 is 0 Å². The number of carbonyl (C=O) groups is 2. The molecule has 25 heavy (non-hydrogen) atoms. The molecule has 2 amide bonds. The molecule has 3 aliphatic rings. The summed E-state index contributed by atoms with van der Waals surface area (Å²) in [6.07, 6.45) is 5.29. The number of imide groups is 1. The fourth-order valence-electron chi connectivity index (χ4n) is 5.46. The first-order valence-corrected chi connectivity index (χ1v) is 9.22. The standard InChI is InChI=1S/C20H23N3O2/c1-23-10-13(11-7-18(24)22-19(25)8-11)5-15-14-3-2-4-16-20(14)12(9-21-16)6-17(15)23/h2-4,9,11,13,15,17,21H,5-8,10H2,1H3,(H,22,24,25)/t13-,15?,17-/m1/s1. The van der Waals surface area contributed by atoms with Crippen LogP contribution in [0.3, 0.4) is 0 Å². The number of hydrogen-bond acceptors (Lipinski definition) is 3.